The first-order valence-corrected chi connectivity index (χ1v) is 10.3. The number of phenols is 1. The zero-order valence-electron chi connectivity index (χ0n) is 18.5. The Labute approximate surface area is 191 Å². The number of hydrogen-bond donors (Lipinski definition) is 2. The third kappa shape index (κ3) is 4.30. The monoisotopic (exact) mass is 446 g/mol. The van der Waals surface area contributed by atoms with Crippen LogP contribution in [0.15, 0.2) is 60.4 Å². The van der Waals surface area contributed by atoms with Gasteiger partial charge in [-0.2, -0.15) is 0 Å². The van der Waals surface area contributed by atoms with Crippen LogP contribution in [0.5, 0.6) is 17.2 Å². The van der Waals surface area contributed by atoms with Gasteiger partial charge in [-0.25, -0.2) is 4.39 Å². The van der Waals surface area contributed by atoms with Crippen LogP contribution in [0.3, 0.4) is 0 Å². The molecule has 1 heterocycles. The first kappa shape index (κ1) is 22.1. The molecule has 7 heteroatoms. The van der Waals surface area contributed by atoms with Gasteiger partial charge in [0.25, 0.3) is 5.91 Å². The van der Waals surface area contributed by atoms with Gasteiger partial charge in [0.2, 0.25) is 5.75 Å². The van der Waals surface area contributed by atoms with E-state index in [9.17, 15) is 14.3 Å². The Bertz CT molecular complexity index is 1260. The summed E-state index contributed by atoms with van der Waals surface area (Å²) in [6, 6.07) is 11.4. The highest BCUT2D eigenvalue weighted by atomic mass is 19.1. The Kier molecular flexibility index (Phi) is 6.13. The van der Waals surface area contributed by atoms with E-state index in [1.54, 1.807) is 36.5 Å². The lowest BCUT2D eigenvalue weighted by Gasteiger charge is -2.11. The van der Waals surface area contributed by atoms with Gasteiger partial charge in [-0.15, -0.1) is 0 Å². The van der Waals surface area contributed by atoms with Crippen molar-refractivity contribution in [1.82, 2.24) is 10.3 Å². The lowest BCUT2D eigenvalue weighted by Crippen LogP contribution is -2.25. The van der Waals surface area contributed by atoms with Crippen molar-refractivity contribution in [3.63, 3.8) is 0 Å². The Morgan fingerprint density at radius 3 is 2.48 bits per heavy atom. The topological polar surface area (TPSA) is 80.7 Å². The van der Waals surface area contributed by atoms with Gasteiger partial charge < -0.3 is 19.9 Å². The standard InChI is InChI=1S/C26H23FN2O4/c1-15-20(9-16-10-23(32-2)25(30)24(11-16)33-3)19-7-6-18(27)12-21(19)22(15)14-29-26(31)17-5-4-8-28-13-17/h4-13,30H,14H2,1-3H3,(H,29,31). The number of ether oxygens (including phenoxy) is 2. The zero-order valence-corrected chi connectivity index (χ0v) is 18.5. The summed E-state index contributed by atoms with van der Waals surface area (Å²) in [4.78, 5) is 16.5. The van der Waals surface area contributed by atoms with Crippen molar-refractivity contribution in [1.29, 1.82) is 0 Å². The number of benzene rings is 2. The summed E-state index contributed by atoms with van der Waals surface area (Å²) in [5, 5.41) is 13.1. The van der Waals surface area contributed by atoms with Crippen molar-refractivity contribution in [3.05, 3.63) is 88.5 Å². The summed E-state index contributed by atoms with van der Waals surface area (Å²) < 4.78 is 24.6. The second kappa shape index (κ2) is 9.16. The normalized spacial score (nSPS) is 13.8. The molecule has 33 heavy (non-hydrogen) atoms. The maximum absolute atomic E-state index is 14.1. The molecule has 6 nitrogen and oxygen atoms in total. The SMILES string of the molecule is COc1cc(C=C2C(C)=C(CNC(=O)c3cccnc3)c3cc(F)ccc32)cc(OC)c1O. The molecule has 2 N–H and O–H groups in total. The van der Waals surface area contributed by atoms with E-state index >= 15 is 0 Å². The van der Waals surface area contributed by atoms with Crippen molar-refractivity contribution in [3.8, 4) is 17.2 Å². The summed E-state index contributed by atoms with van der Waals surface area (Å²) in [6.07, 6.45) is 5.02. The second-order valence-electron chi connectivity index (χ2n) is 7.55. The lowest BCUT2D eigenvalue weighted by molar-refractivity contribution is 0.0958. The van der Waals surface area contributed by atoms with Crippen LogP contribution in [0.25, 0.3) is 17.2 Å². The minimum Gasteiger partial charge on any atom is -0.502 e. The van der Waals surface area contributed by atoms with Crippen LogP contribution < -0.4 is 14.8 Å². The quantitative estimate of drug-likeness (QED) is 0.574. The number of carbonyl (C=O) groups is 1. The lowest BCUT2D eigenvalue weighted by atomic mass is 10.00. The maximum atomic E-state index is 14.1. The Hall–Kier alpha value is -4.13. The molecule has 1 aliphatic rings. The van der Waals surface area contributed by atoms with Gasteiger partial charge in [-0.3, -0.25) is 9.78 Å². The van der Waals surface area contributed by atoms with Gasteiger partial charge in [-0.05, 0) is 82.8 Å². The summed E-state index contributed by atoms with van der Waals surface area (Å²) >= 11 is 0. The molecule has 0 bridgehead atoms. The molecule has 0 fully saturated rings. The average Bonchev–Trinajstić information content (AvgIpc) is 3.08. The van der Waals surface area contributed by atoms with E-state index in [-0.39, 0.29) is 35.5 Å². The molecule has 168 valence electrons. The van der Waals surface area contributed by atoms with Crippen molar-refractivity contribution >= 4 is 23.1 Å². The fourth-order valence-electron chi connectivity index (χ4n) is 3.91. The second-order valence-corrected chi connectivity index (χ2v) is 7.55. The van der Waals surface area contributed by atoms with Crippen LogP contribution in [0.2, 0.25) is 0 Å². The smallest absolute Gasteiger partial charge is 0.253 e. The average molecular weight is 446 g/mol. The summed E-state index contributed by atoms with van der Waals surface area (Å²) in [7, 11) is 2.93. The number of aromatic hydroxyl groups is 1. The fraction of sp³-hybridized carbons (Fsp3) is 0.154. The first-order chi connectivity index (χ1) is 15.9. The van der Waals surface area contributed by atoms with E-state index in [0.717, 1.165) is 33.4 Å². The number of phenolic OH excluding ortho intramolecular Hbond substituents is 1. The van der Waals surface area contributed by atoms with E-state index < -0.39 is 0 Å². The minimum absolute atomic E-state index is 0.0814. The highest BCUT2D eigenvalue weighted by Crippen LogP contribution is 2.44. The van der Waals surface area contributed by atoms with Crippen LogP contribution >= 0.6 is 0 Å². The third-order valence-electron chi connectivity index (χ3n) is 5.62. The number of rotatable bonds is 6. The number of allylic oxidation sites excluding steroid dienone is 2. The van der Waals surface area contributed by atoms with Gasteiger partial charge in [0.15, 0.2) is 11.5 Å². The van der Waals surface area contributed by atoms with Gasteiger partial charge >= 0.3 is 0 Å². The van der Waals surface area contributed by atoms with E-state index in [1.165, 1.54) is 32.5 Å². The molecular weight excluding hydrogens is 423 g/mol. The molecule has 0 atom stereocenters. The maximum Gasteiger partial charge on any atom is 0.253 e. The Morgan fingerprint density at radius 1 is 1.12 bits per heavy atom. The van der Waals surface area contributed by atoms with E-state index in [4.69, 9.17) is 9.47 Å². The largest absolute Gasteiger partial charge is 0.502 e. The molecule has 4 rings (SSSR count). The molecular formula is C26H23FN2O4. The minimum atomic E-state index is -0.355. The molecule has 0 saturated carbocycles. The number of aromatic nitrogens is 1. The molecule has 0 saturated heterocycles. The van der Waals surface area contributed by atoms with E-state index in [2.05, 4.69) is 10.3 Å². The number of nitrogens with zero attached hydrogens (tertiary/aromatic N) is 1. The molecule has 1 aliphatic carbocycles. The van der Waals surface area contributed by atoms with Crippen LogP contribution in [0.1, 0.15) is 34.0 Å². The summed E-state index contributed by atoms with van der Waals surface area (Å²) in [5.41, 5.74) is 5.39. The van der Waals surface area contributed by atoms with Crippen molar-refractivity contribution in [2.24, 2.45) is 0 Å². The first-order valence-electron chi connectivity index (χ1n) is 10.3. The Morgan fingerprint density at radius 2 is 1.85 bits per heavy atom. The molecule has 2 aromatic carbocycles. The van der Waals surface area contributed by atoms with Crippen molar-refractivity contribution in [2.45, 2.75) is 6.92 Å². The third-order valence-corrected chi connectivity index (χ3v) is 5.62. The van der Waals surface area contributed by atoms with Gasteiger partial charge in [0.05, 0.1) is 19.8 Å². The summed E-state index contributed by atoms with van der Waals surface area (Å²) in [5.74, 6) is -0.131. The molecule has 0 unspecified atom stereocenters. The van der Waals surface area contributed by atoms with Crippen molar-refractivity contribution < 1.29 is 23.8 Å². The number of fused-ring (bicyclic) bond motifs is 1. The highest BCUT2D eigenvalue weighted by molar-refractivity contribution is 6.06. The number of hydrogen-bond acceptors (Lipinski definition) is 5. The molecule has 1 aromatic heterocycles. The molecule has 0 radical (unpaired) electrons. The number of nitrogens with one attached hydrogen (secondary N) is 1. The number of methoxy groups -OCH3 is 2. The summed E-state index contributed by atoms with van der Waals surface area (Å²) in [6.45, 7) is 2.17. The predicted molar refractivity (Wildman–Crippen MR) is 125 cm³/mol. The fourth-order valence-corrected chi connectivity index (χ4v) is 3.91. The van der Waals surface area contributed by atoms with Crippen LogP contribution in [-0.4, -0.2) is 36.8 Å². The van der Waals surface area contributed by atoms with E-state index in [1.807, 2.05) is 13.0 Å². The predicted octanol–water partition coefficient (Wildman–Crippen LogP) is 4.70. The van der Waals surface area contributed by atoms with Gasteiger partial charge in [-0.1, -0.05) is 6.07 Å². The highest BCUT2D eigenvalue weighted by Gasteiger charge is 2.25. The van der Waals surface area contributed by atoms with Gasteiger partial charge in [0, 0.05) is 18.9 Å². The van der Waals surface area contributed by atoms with Crippen LogP contribution in [-0.2, 0) is 0 Å². The number of halogens is 1. The van der Waals surface area contributed by atoms with Crippen molar-refractivity contribution in [2.75, 3.05) is 20.8 Å². The molecule has 1 amide bonds. The van der Waals surface area contributed by atoms with Crippen LogP contribution in [0.4, 0.5) is 4.39 Å². The van der Waals surface area contributed by atoms with E-state index in [0.29, 0.717) is 5.56 Å². The van der Waals surface area contributed by atoms with Gasteiger partial charge in [0.1, 0.15) is 5.82 Å². The number of amides is 1. The Balaban J connectivity index is 1.73. The molecule has 0 aliphatic heterocycles. The zero-order chi connectivity index (χ0) is 23.5. The van der Waals surface area contributed by atoms with Crippen LogP contribution in [0, 0.1) is 5.82 Å². The number of carbonyl (C=O) groups excluding carboxylic acids is 1. The molecule has 0 spiro atoms. The number of pyridine rings is 1. The molecule has 3 aromatic rings.